The van der Waals surface area contributed by atoms with Crippen LogP contribution in [0.1, 0.15) is 23.6 Å². The van der Waals surface area contributed by atoms with Crippen LogP contribution in [-0.4, -0.2) is 64.1 Å². The molecule has 0 radical (unpaired) electrons. The highest BCUT2D eigenvalue weighted by atomic mass is 16.3. The van der Waals surface area contributed by atoms with Gasteiger partial charge in [-0.2, -0.15) is 0 Å². The predicted octanol–water partition coefficient (Wildman–Crippen LogP) is -2.24. The average molecular weight is 310 g/mol. The minimum Gasteiger partial charge on any atom is -0.384 e. The van der Waals surface area contributed by atoms with Crippen molar-refractivity contribution in [3.8, 4) is 0 Å². The van der Waals surface area contributed by atoms with E-state index in [1.54, 1.807) is 0 Å². The average Bonchev–Trinajstić information content (AvgIpc) is 3.23. The van der Waals surface area contributed by atoms with E-state index in [2.05, 4.69) is 19.9 Å². The topological polar surface area (TPSA) is 172 Å². The van der Waals surface area contributed by atoms with Crippen LogP contribution in [0.4, 0.5) is 0 Å². The molecule has 22 heavy (non-hydrogen) atoms. The van der Waals surface area contributed by atoms with Crippen LogP contribution in [0.25, 0.3) is 0 Å². The number of ketones is 2. The summed E-state index contributed by atoms with van der Waals surface area (Å²) in [6.45, 7) is 0. The van der Waals surface area contributed by atoms with Crippen molar-refractivity contribution in [1.82, 2.24) is 19.9 Å². The standard InChI is InChI=1S/C12H14N4O6/c17-7(5-1-13-3-15-5)9(19)11(21)12(22)10(20)8(18)6-2-14-4-16-6/h1-4,7-10,17-20H,(H,13,15)(H,14,16). The van der Waals surface area contributed by atoms with Gasteiger partial charge in [-0.1, -0.05) is 0 Å². The zero-order valence-electron chi connectivity index (χ0n) is 11.1. The smallest absolute Gasteiger partial charge is 0.232 e. The van der Waals surface area contributed by atoms with Crippen LogP contribution >= 0.6 is 0 Å². The van der Waals surface area contributed by atoms with Crippen LogP contribution in [0.15, 0.2) is 25.0 Å². The Balaban J connectivity index is 2.06. The van der Waals surface area contributed by atoms with Gasteiger partial charge in [-0.05, 0) is 0 Å². The minimum absolute atomic E-state index is 0.0252. The second-order valence-corrected chi connectivity index (χ2v) is 4.52. The second kappa shape index (κ2) is 6.58. The molecule has 2 aromatic rings. The molecule has 4 atom stereocenters. The van der Waals surface area contributed by atoms with Crippen LogP contribution in [-0.2, 0) is 9.59 Å². The number of nitrogens with one attached hydrogen (secondary N) is 2. The zero-order chi connectivity index (χ0) is 16.3. The van der Waals surface area contributed by atoms with Gasteiger partial charge in [0.15, 0.2) is 12.2 Å². The Morgan fingerprint density at radius 3 is 1.45 bits per heavy atom. The van der Waals surface area contributed by atoms with Crippen molar-refractivity contribution >= 4 is 11.6 Å². The summed E-state index contributed by atoms with van der Waals surface area (Å²) in [5, 5.41) is 38.9. The molecule has 0 bridgehead atoms. The molecule has 118 valence electrons. The highest BCUT2D eigenvalue weighted by molar-refractivity contribution is 6.40. The highest BCUT2D eigenvalue weighted by Crippen LogP contribution is 2.18. The zero-order valence-corrected chi connectivity index (χ0v) is 11.1. The molecule has 0 saturated heterocycles. The molecule has 0 spiro atoms. The molecule has 10 nitrogen and oxygen atoms in total. The molecule has 6 N–H and O–H groups in total. The molecule has 2 aromatic heterocycles. The Hall–Kier alpha value is -2.40. The molecule has 0 fully saturated rings. The number of imidazole rings is 2. The van der Waals surface area contributed by atoms with Gasteiger partial charge in [-0.15, -0.1) is 0 Å². The lowest BCUT2D eigenvalue weighted by Gasteiger charge is -2.18. The molecule has 10 heteroatoms. The van der Waals surface area contributed by atoms with Crippen molar-refractivity contribution in [3.05, 3.63) is 36.4 Å². The molecule has 0 aliphatic heterocycles. The summed E-state index contributed by atoms with van der Waals surface area (Å²) in [5.41, 5.74) is 0.0505. The molecule has 0 aliphatic carbocycles. The lowest BCUT2D eigenvalue weighted by Crippen LogP contribution is -2.41. The lowest BCUT2D eigenvalue weighted by atomic mass is 9.97. The molecular formula is C12H14N4O6. The molecule has 0 amide bonds. The molecule has 2 heterocycles. The van der Waals surface area contributed by atoms with Crippen molar-refractivity contribution in [2.45, 2.75) is 24.4 Å². The minimum atomic E-state index is -2.10. The second-order valence-electron chi connectivity index (χ2n) is 4.52. The van der Waals surface area contributed by atoms with Gasteiger partial charge in [0.2, 0.25) is 11.6 Å². The summed E-state index contributed by atoms with van der Waals surface area (Å²) in [6, 6.07) is 0. The first kappa shape index (κ1) is 16.0. The first-order valence-electron chi connectivity index (χ1n) is 6.20. The van der Waals surface area contributed by atoms with Crippen LogP contribution in [0, 0.1) is 0 Å². The van der Waals surface area contributed by atoms with Crippen molar-refractivity contribution in [2.75, 3.05) is 0 Å². The van der Waals surface area contributed by atoms with E-state index in [4.69, 9.17) is 0 Å². The summed E-state index contributed by atoms with van der Waals surface area (Å²) in [7, 11) is 0. The Morgan fingerprint density at radius 2 is 1.18 bits per heavy atom. The molecule has 4 unspecified atom stereocenters. The summed E-state index contributed by atoms with van der Waals surface area (Å²) < 4.78 is 0. The van der Waals surface area contributed by atoms with Crippen molar-refractivity contribution in [3.63, 3.8) is 0 Å². The SMILES string of the molecule is O=C(C(=O)C(O)C(O)c1cnc[nH]1)C(O)C(O)c1cnc[nH]1. The van der Waals surface area contributed by atoms with Crippen LogP contribution < -0.4 is 0 Å². The molecule has 0 aromatic carbocycles. The number of aromatic amines is 2. The number of aliphatic hydroxyl groups is 4. The summed E-state index contributed by atoms with van der Waals surface area (Å²) >= 11 is 0. The third kappa shape index (κ3) is 3.09. The Labute approximate surface area is 123 Å². The molecule has 0 saturated carbocycles. The number of rotatable bonds is 7. The molecule has 0 aliphatic rings. The van der Waals surface area contributed by atoms with E-state index in [0.717, 1.165) is 0 Å². The van der Waals surface area contributed by atoms with E-state index in [-0.39, 0.29) is 11.4 Å². The number of hydrogen-bond acceptors (Lipinski definition) is 8. The van der Waals surface area contributed by atoms with Gasteiger partial charge in [0.05, 0.1) is 36.4 Å². The lowest BCUT2D eigenvalue weighted by molar-refractivity contribution is -0.153. The Bertz CT molecular complexity index is 570. The van der Waals surface area contributed by atoms with Crippen molar-refractivity contribution < 1.29 is 30.0 Å². The Kier molecular flexibility index (Phi) is 4.78. The third-order valence-corrected chi connectivity index (χ3v) is 3.05. The summed E-state index contributed by atoms with van der Waals surface area (Å²) in [6.07, 6.45) is -2.86. The third-order valence-electron chi connectivity index (χ3n) is 3.05. The quantitative estimate of drug-likeness (QED) is 0.311. The maximum absolute atomic E-state index is 11.8. The predicted molar refractivity (Wildman–Crippen MR) is 69.1 cm³/mol. The van der Waals surface area contributed by atoms with Crippen LogP contribution in [0.2, 0.25) is 0 Å². The van der Waals surface area contributed by atoms with Gasteiger partial charge in [0.25, 0.3) is 0 Å². The number of H-pyrrole nitrogens is 2. The van der Waals surface area contributed by atoms with Crippen molar-refractivity contribution in [1.29, 1.82) is 0 Å². The van der Waals surface area contributed by atoms with Gasteiger partial charge < -0.3 is 30.4 Å². The van der Waals surface area contributed by atoms with E-state index >= 15 is 0 Å². The maximum atomic E-state index is 11.8. The van der Waals surface area contributed by atoms with Gasteiger partial charge >= 0.3 is 0 Å². The van der Waals surface area contributed by atoms with E-state index in [0.29, 0.717) is 0 Å². The van der Waals surface area contributed by atoms with Gasteiger partial charge in [0, 0.05) is 0 Å². The van der Waals surface area contributed by atoms with Crippen LogP contribution in [0.5, 0.6) is 0 Å². The van der Waals surface area contributed by atoms with Gasteiger partial charge in [-0.3, -0.25) is 9.59 Å². The fourth-order valence-corrected chi connectivity index (χ4v) is 1.78. The van der Waals surface area contributed by atoms with E-state index in [1.807, 2.05) is 0 Å². The number of hydrogen-bond donors (Lipinski definition) is 6. The van der Waals surface area contributed by atoms with E-state index in [1.165, 1.54) is 25.0 Å². The summed E-state index contributed by atoms with van der Waals surface area (Å²) in [4.78, 5) is 35.8. The first-order valence-corrected chi connectivity index (χ1v) is 6.20. The number of carbonyl (C=O) groups excluding carboxylic acids is 2. The highest BCUT2D eigenvalue weighted by Gasteiger charge is 2.37. The van der Waals surface area contributed by atoms with Crippen LogP contribution in [0.3, 0.4) is 0 Å². The fourth-order valence-electron chi connectivity index (χ4n) is 1.78. The number of Topliss-reactive ketones (excluding diaryl/α,β-unsaturated/α-hetero) is 2. The first-order chi connectivity index (χ1) is 10.4. The fraction of sp³-hybridized carbons (Fsp3) is 0.333. The molecular weight excluding hydrogens is 296 g/mol. The number of carbonyl (C=O) groups is 2. The molecule has 2 rings (SSSR count). The van der Waals surface area contributed by atoms with Crippen molar-refractivity contribution in [2.24, 2.45) is 0 Å². The summed E-state index contributed by atoms with van der Waals surface area (Å²) in [5.74, 6) is -2.87. The van der Waals surface area contributed by atoms with E-state index in [9.17, 15) is 30.0 Å². The number of aliphatic hydroxyl groups excluding tert-OH is 4. The number of nitrogens with zero attached hydrogens (tertiary/aromatic N) is 2. The normalized spacial score (nSPS) is 16.7. The Morgan fingerprint density at radius 1 is 0.818 bits per heavy atom. The van der Waals surface area contributed by atoms with Gasteiger partial charge in [0.1, 0.15) is 12.2 Å². The number of aromatic nitrogens is 4. The maximum Gasteiger partial charge on any atom is 0.232 e. The monoisotopic (exact) mass is 310 g/mol. The van der Waals surface area contributed by atoms with E-state index < -0.39 is 36.0 Å². The largest absolute Gasteiger partial charge is 0.384 e. The van der Waals surface area contributed by atoms with Gasteiger partial charge in [-0.25, -0.2) is 9.97 Å².